The summed E-state index contributed by atoms with van der Waals surface area (Å²) in [7, 11) is 3.41. The van der Waals surface area contributed by atoms with Gasteiger partial charge in [0.05, 0.1) is 6.54 Å². The summed E-state index contributed by atoms with van der Waals surface area (Å²) < 4.78 is 0. The van der Waals surface area contributed by atoms with Crippen molar-refractivity contribution >= 4 is 17.8 Å². The van der Waals surface area contributed by atoms with Crippen LogP contribution in [0.25, 0.3) is 0 Å². The Balaban J connectivity index is 2.38. The van der Waals surface area contributed by atoms with Crippen LogP contribution in [0.4, 0.5) is 0 Å². The number of likely N-dealkylation sites (N-methyl/N-ethyl adjacent to an activating group) is 1. The lowest BCUT2D eigenvalue weighted by atomic mass is 10.3. The molecule has 7 heteroatoms. The molecule has 1 rings (SSSR count). The van der Waals surface area contributed by atoms with Crippen molar-refractivity contribution in [3.63, 3.8) is 0 Å². The van der Waals surface area contributed by atoms with Crippen molar-refractivity contribution in [3.8, 4) is 0 Å². The summed E-state index contributed by atoms with van der Waals surface area (Å²) in [6.07, 6.45) is 1.90. The van der Waals surface area contributed by atoms with E-state index in [-0.39, 0.29) is 11.8 Å². The van der Waals surface area contributed by atoms with Crippen molar-refractivity contribution in [2.75, 3.05) is 46.8 Å². The van der Waals surface area contributed by atoms with Crippen LogP contribution in [0.2, 0.25) is 0 Å². The van der Waals surface area contributed by atoms with Crippen LogP contribution in [0, 0.1) is 0 Å². The second-order valence-electron chi connectivity index (χ2n) is 4.56. The molecule has 0 aromatic heterocycles. The van der Waals surface area contributed by atoms with E-state index in [1.165, 1.54) is 4.90 Å². The lowest BCUT2D eigenvalue weighted by molar-refractivity contribution is -0.133. The minimum atomic E-state index is -1.14. The van der Waals surface area contributed by atoms with Gasteiger partial charge in [-0.3, -0.25) is 14.5 Å². The summed E-state index contributed by atoms with van der Waals surface area (Å²) in [5, 5.41) is 8.45. The minimum Gasteiger partial charge on any atom is -0.478 e. The number of carbonyl (C=O) groups is 3. The molecule has 0 saturated carbocycles. The minimum absolute atomic E-state index is 0.0329. The Hall–Kier alpha value is -1.89. The van der Waals surface area contributed by atoms with E-state index in [9.17, 15) is 14.4 Å². The summed E-state index contributed by atoms with van der Waals surface area (Å²) in [5.41, 5.74) is 0. The summed E-state index contributed by atoms with van der Waals surface area (Å²) >= 11 is 0. The van der Waals surface area contributed by atoms with Crippen molar-refractivity contribution in [3.05, 3.63) is 12.2 Å². The Morgan fingerprint density at radius 2 is 1.68 bits per heavy atom. The highest BCUT2D eigenvalue weighted by atomic mass is 16.4. The predicted molar refractivity (Wildman–Crippen MR) is 68.5 cm³/mol. The fourth-order valence-electron chi connectivity index (χ4n) is 1.71. The second-order valence-corrected chi connectivity index (χ2v) is 4.56. The molecule has 1 N–H and O–H groups in total. The first-order chi connectivity index (χ1) is 8.90. The van der Waals surface area contributed by atoms with Gasteiger partial charge in [-0.1, -0.05) is 0 Å². The van der Waals surface area contributed by atoms with Gasteiger partial charge in [0.2, 0.25) is 11.8 Å². The fraction of sp³-hybridized carbons (Fsp3) is 0.583. The van der Waals surface area contributed by atoms with Crippen LogP contribution in [-0.2, 0) is 14.4 Å². The number of carboxylic acids is 1. The molecule has 0 atom stereocenters. The van der Waals surface area contributed by atoms with Crippen LogP contribution in [0.3, 0.4) is 0 Å². The number of carbonyl (C=O) groups excluding carboxylic acids is 2. The smallest absolute Gasteiger partial charge is 0.328 e. The van der Waals surface area contributed by atoms with Gasteiger partial charge in [0.25, 0.3) is 0 Å². The molecule has 0 bridgehead atoms. The SMILES string of the molecule is CN(C)C(=O)CN1CCN(C(=O)/C=C/C(=O)O)CC1. The number of piperazine rings is 1. The highest BCUT2D eigenvalue weighted by Crippen LogP contribution is 2.03. The quantitative estimate of drug-likeness (QED) is 0.652. The number of carboxylic acid groups (broad SMARTS) is 1. The van der Waals surface area contributed by atoms with Crippen LogP contribution in [0.15, 0.2) is 12.2 Å². The first kappa shape index (κ1) is 15.2. The third-order valence-electron chi connectivity index (χ3n) is 2.91. The van der Waals surface area contributed by atoms with E-state index in [1.54, 1.807) is 19.0 Å². The fourth-order valence-corrected chi connectivity index (χ4v) is 1.71. The molecule has 0 radical (unpaired) electrons. The first-order valence-electron chi connectivity index (χ1n) is 6.02. The lowest BCUT2D eigenvalue weighted by Crippen LogP contribution is -2.50. The molecule has 0 aromatic carbocycles. The molecule has 0 aliphatic carbocycles. The molecule has 1 aliphatic rings. The third-order valence-corrected chi connectivity index (χ3v) is 2.91. The number of hydrogen-bond acceptors (Lipinski definition) is 4. The van der Waals surface area contributed by atoms with Gasteiger partial charge >= 0.3 is 5.97 Å². The van der Waals surface area contributed by atoms with Crippen molar-refractivity contribution < 1.29 is 19.5 Å². The monoisotopic (exact) mass is 269 g/mol. The summed E-state index contributed by atoms with van der Waals surface area (Å²) in [6, 6.07) is 0. The van der Waals surface area contributed by atoms with E-state index < -0.39 is 5.97 Å². The summed E-state index contributed by atoms with van der Waals surface area (Å²) in [5.74, 6) is -1.41. The van der Waals surface area contributed by atoms with Crippen molar-refractivity contribution in [2.24, 2.45) is 0 Å². The topological polar surface area (TPSA) is 81.2 Å². The average Bonchev–Trinajstić information content (AvgIpc) is 2.36. The predicted octanol–water partition coefficient (Wildman–Crippen LogP) is -1.14. The molecule has 0 aromatic rings. The maximum atomic E-state index is 11.6. The van der Waals surface area contributed by atoms with Crippen LogP contribution in [0.1, 0.15) is 0 Å². The molecular formula is C12H19N3O4. The third kappa shape index (κ3) is 5.09. The molecule has 0 unspecified atom stereocenters. The molecular weight excluding hydrogens is 250 g/mol. The molecule has 0 spiro atoms. The van der Waals surface area contributed by atoms with E-state index in [4.69, 9.17) is 5.11 Å². The van der Waals surface area contributed by atoms with E-state index in [2.05, 4.69) is 0 Å². The van der Waals surface area contributed by atoms with Gasteiger partial charge < -0.3 is 14.9 Å². The van der Waals surface area contributed by atoms with Crippen LogP contribution < -0.4 is 0 Å². The van der Waals surface area contributed by atoms with Gasteiger partial charge in [0.15, 0.2) is 0 Å². The molecule has 106 valence electrons. The normalized spacial score (nSPS) is 16.6. The zero-order valence-corrected chi connectivity index (χ0v) is 11.2. The molecule has 1 aliphatic heterocycles. The first-order valence-corrected chi connectivity index (χ1v) is 6.02. The average molecular weight is 269 g/mol. The second kappa shape index (κ2) is 6.89. The van der Waals surface area contributed by atoms with E-state index in [0.29, 0.717) is 32.7 Å². The molecule has 1 saturated heterocycles. The van der Waals surface area contributed by atoms with E-state index >= 15 is 0 Å². The van der Waals surface area contributed by atoms with Crippen LogP contribution in [0.5, 0.6) is 0 Å². The number of rotatable bonds is 4. The molecule has 7 nitrogen and oxygen atoms in total. The van der Waals surface area contributed by atoms with Crippen molar-refractivity contribution in [1.29, 1.82) is 0 Å². The zero-order chi connectivity index (χ0) is 14.4. The summed E-state index contributed by atoms with van der Waals surface area (Å²) in [4.78, 5) is 38.6. The molecule has 1 fully saturated rings. The van der Waals surface area contributed by atoms with Crippen LogP contribution in [-0.4, -0.2) is 84.4 Å². The van der Waals surface area contributed by atoms with Gasteiger partial charge in [0, 0.05) is 52.4 Å². The highest BCUT2D eigenvalue weighted by molar-refractivity contribution is 5.94. The maximum Gasteiger partial charge on any atom is 0.328 e. The van der Waals surface area contributed by atoms with Gasteiger partial charge in [0.1, 0.15) is 0 Å². The Bertz CT molecular complexity index is 384. The van der Waals surface area contributed by atoms with Gasteiger partial charge in [-0.25, -0.2) is 4.79 Å². The summed E-state index contributed by atoms with van der Waals surface area (Å²) in [6.45, 7) is 2.59. The van der Waals surface area contributed by atoms with Crippen LogP contribution >= 0.6 is 0 Å². The van der Waals surface area contributed by atoms with Crippen molar-refractivity contribution in [2.45, 2.75) is 0 Å². The number of aliphatic carboxylic acids is 1. The maximum absolute atomic E-state index is 11.6. The Morgan fingerprint density at radius 3 is 2.16 bits per heavy atom. The number of amides is 2. The Morgan fingerprint density at radius 1 is 1.11 bits per heavy atom. The van der Waals surface area contributed by atoms with Gasteiger partial charge in [-0.15, -0.1) is 0 Å². The zero-order valence-electron chi connectivity index (χ0n) is 11.2. The Labute approximate surface area is 112 Å². The van der Waals surface area contributed by atoms with E-state index in [1.807, 2.05) is 4.90 Å². The largest absolute Gasteiger partial charge is 0.478 e. The lowest BCUT2D eigenvalue weighted by Gasteiger charge is -2.34. The Kier molecular flexibility index (Phi) is 5.50. The molecule has 19 heavy (non-hydrogen) atoms. The molecule has 2 amide bonds. The van der Waals surface area contributed by atoms with Gasteiger partial charge in [-0.05, 0) is 0 Å². The highest BCUT2D eigenvalue weighted by Gasteiger charge is 2.21. The number of hydrogen-bond donors (Lipinski definition) is 1. The number of nitrogens with zero attached hydrogens (tertiary/aromatic N) is 3. The van der Waals surface area contributed by atoms with Gasteiger partial charge in [-0.2, -0.15) is 0 Å². The molecule has 1 heterocycles. The standard InChI is InChI=1S/C12H19N3O4/c1-13(2)11(17)9-14-5-7-15(8-6-14)10(16)3-4-12(18)19/h3-4H,5-9H2,1-2H3,(H,18,19)/b4-3+. The van der Waals surface area contributed by atoms with E-state index in [0.717, 1.165) is 12.2 Å². The van der Waals surface area contributed by atoms with Crippen molar-refractivity contribution in [1.82, 2.24) is 14.7 Å².